The van der Waals surface area contributed by atoms with Crippen LogP contribution in [0.1, 0.15) is 5.69 Å². The van der Waals surface area contributed by atoms with Gasteiger partial charge in [-0.1, -0.05) is 18.2 Å². The molecule has 1 aromatic heterocycles. The Morgan fingerprint density at radius 1 is 1.21 bits per heavy atom. The number of hydrogen-bond acceptors (Lipinski definition) is 4. The van der Waals surface area contributed by atoms with Gasteiger partial charge in [0.1, 0.15) is 0 Å². The molecule has 4 heteroatoms. The van der Waals surface area contributed by atoms with Gasteiger partial charge in [-0.15, -0.1) is 0 Å². The molecular weight excluding hydrogens is 238 g/mol. The Balaban J connectivity index is 1.96. The number of pyridine rings is 1. The molecule has 4 nitrogen and oxygen atoms in total. The van der Waals surface area contributed by atoms with Crippen LogP contribution in [0.2, 0.25) is 0 Å². The number of rotatable bonds is 1. The van der Waals surface area contributed by atoms with Gasteiger partial charge >= 0.3 is 0 Å². The molecule has 4 rings (SSSR count). The first-order valence-corrected chi connectivity index (χ1v) is 6.50. The SMILES string of the molecule is OCc1ccc2cc3c(cc2n1)=CC1(C=3)CNCN1. The zero-order valence-electron chi connectivity index (χ0n) is 10.5. The fourth-order valence-electron chi connectivity index (χ4n) is 2.94. The first-order valence-electron chi connectivity index (χ1n) is 6.50. The van der Waals surface area contributed by atoms with E-state index in [4.69, 9.17) is 5.11 Å². The van der Waals surface area contributed by atoms with Gasteiger partial charge in [-0.3, -0.25) is 10.3 Å². The highest BCUT2D eigenvalue weighted by atomic mass is 16.3. The maximum atomic E-state index is 9.16. The quantitative estimate of drug-likeness (QED) is 0.622. The Morgan fingerprint density at radius 2 is 2.05 bits per heavy atom. The summed E-state index contributed by atoms with van der Waals surface area (Å²) in [6.07, 6.45) is 4.54. The maximum Gasteiger partial charge on any atom is 0.0853 e. The molecule has 1 aliphatic carbocycles. The minimum absolute atomic E-state index is 0.0156. The van der Waals surface area contributed by atoms with Crippen LogP contribution in [0.3, 0.4) is 0 Å². The fraction of sp³-hybridized carbons (Fsp3) is 0.267. The monoisotopic (exact) mass is 253 g/mol. The molecule has 3 N–H and O–H groups in total. The highest BCUT2D eigenvalue weighted by Gasteiger charge is 2.30. The maximum absolute atomic E-state index is 9.16. The van der Waals surface area contributed by atoms with Gasteiger partial charge in [0, 0.05) is 18.6 Å². The Labute approximate surface area is 110 Å². The normalized spacial score (nSPS) is 24.5. The van der Waals surface area contributed by atoms with E-state index in [1.165, 1.54) is 10.4 Å². The van der Waals surface area contributed by atoms with E-state index in [9.17, 15) is 0 Å². The molecule has 1 saturated heterocycles. The molecule has 0 amide bonds. The molecule has 1 fully saturated rings. The molecule has 0 bridgehead atoms. The summed E-state index contributed by atoms with van der Waals surface area (Å²) in [5, 5.41) is 19.5. The predicted molar refractivity (Wildman–Crippen MR) is 74.6 cm³/mol. The van der Waals surface area contributed by atoms with Crippen LogP contribution < -0.4 is 21.1 Å². The molecule has 2 heterocycles. The average Bonchev–Trinajstić information content (AvgIpc) is 3.01. The van der Waals surface area contributed by atoms with Gasteiger partial charge in [-0.2, -0.15) is 0 Å². The lowest BCUT2D eigenvalue weighted by atomic mass is 10.0. The smallest absolute Gasteiger partial charge is 0.0853 e. The van der Waals surface area contributed by atoms with E-state index in [0.29, 0.717) is 5.69 Å². The number of aliphatic hydroxyl groups is 1. The largest absolute Gasteiger partial charge is 0.390 e. The fourth-order valence-corrected chi connectivity index (χ4v) is 2.94. The van der Waals surface area contributed by atoms with Crippen molar-refractivity contribution in [3.63, 3.8) is 0 Å². The van der Waals surface area contributed by atoms with Gasteiger partial charge in [0.15, 0.2) is 0 Å². The van der Waals surface area contributed by atoms with Crippen LogP contribution in [0.25, 0.3) is 23.1 Å². The van der Waals surface area contributed by atoms with Crippen molar-refractivity contribution >= 4 is 23.1 Å². The third kappa shape index (κ3) is 1.69. The van der Waals surface area contributed by atoms with Crippen LogP contribution >= 0.6 is 0 Å². The van der Waals surface area contributed by atoms with Crippen molar-refractivity contribution in [1.82, 2.24) is 15.6 Å². The Hall–Kier alpha value is -1.75. The van der Waals surface area contributed by atoms with E-state index in [-0.39, 0.29) is 12.1 Å². The van der Waals surface area contributed by atoms with E-state index in [1.54, 1.807) is 0 Å². The molecule has 1 aliphatic heterocycles. The van der Waals surface area contributed by atoms with Gasteiger partial charge in [0.05, 0.1) is 23.4 Å². The lowest BCUT2D eigenvalue weighted by Gasteiger charge is -2.16. The summed E-state index contributed by atoms with van der Waals surface area (Å²) >= 11 is 0. The third-order valence-corrected chi connectivity index (χ3v) is 3.90. The number of aromatic nitrogens is 1. The van der Waals surface area contributed by atoms with Crippen LogP contribution in [0, 0.1) is 0 Å². The number of nitrogens with zero attached hydrogens (tertiary/aromatic N) is 1. The summed E-state index contributed by atoms with van der Waals surface area (Å²) in [5.41, 5.74) is 1.61. The first-order chi connectivity index (χ1) is 9.28. The van der Waals surface area contributed by atoms with E-state index >= 15 is 0 Å². The second-order valence-corrected chi connectivity index (χ2v) is 5.24. The number of nitrogens with one attached hydrogen (secondary N) is 2. The van der Waals surface area contributed by atoms with Crippen LogP contribution in [-0.2, 0) is 6.61 Å². The van der Waals surface area contributed by atoms with Gasteiger partial charge in [0.25, 0.3) is 0 Å². The Kier molecular flexibility index (Phi) is 2.26. The van der Waals surface area contributed by atoms with Crippen molar-refractivity contribution in [3.05, 3.63) is 40.4 Å². The summed E-state index contributed by atoms with van der Waals surface area (Å²) in [6.45, 7) is 1.75. The molecule has 0 saturated carbocycles. The highest BCUT2D eigenvalue weighted by Crippen LogP contribution is 2.16. The summed E-state index contributed by atoms with van der Waals surface area (Å²) < 4.78 is 0. The molecular formula is C15H15N3O. The topological polar surface area (TPSA) is 57.2 Å². The molecule has 1 aromatic carbocycles. The summed E-state index contributed by atoms with van der Waals surface area (Å²) in [7, 11) is 0. The summed E-state index contributed by atoms with van der Waals surface area (Å²) in [6, 6.07) is 8.17. The predicted octanol–water partition coefficient (Wildman–Crippen LogP) is -0.809. The number of aliphatic hydroxyl groups excluding tert-OH is 1. The first kappa shape index (κ1) is 11.1. The van der Waals surface area contributed by atoms with Crippen molar-refractivity contribution in [1.29, 1.82) is 0 Å². The molecule has 2 aliphatic rings. The Morgan fingerprint density at radius 3 is 2.79 bits per heavy atom. The molecule has 1 spiro atoms. The zero-order valence-corrected chi connectivity index (χ0v) is 10.5. The van der Waals surface area contributed by atoms with E-state index in [0.717, 1.165) is 24.1 Å². The van der Waals surface area contributed by atoms with Crippen molar-refractivity contribution in [2.24, 2.45) is 0 Å². The molecule has 96 valence electrons. The van der Waals surface area contributed by atoms with Gasteiger partial charge < -0.3 is 10.4 Å². The lowest BCUT2D eigenvalue weighted by molar-refractivity contribution is 0.277. The molecule has 1 unspecified atom stereocenters. The van der Waals surface area contributed by atoms with Crippen LogP contribution in [-0.4, -0.2) is 28.8 Å². The third-order valence-electron chi connectivity index (χ3n) is 3.90. The van der Waals surface area contributed by atoms with E-state index in [1.807, 2.05) is 12.1 Å². The summed E-state index contributed by atoms with van der Waals surface area (Å²) in [4.78, 5) is 4.47. The van der Waals surface area contributed by atoms with Crippen LogP contribution in [0.4, 0.5) is 0 Å². The second kappa shape index (κ2) is 3.87. The van der Waals surface area contributed by atoms with E-state index in [2.05, 4.69) is 39.9 Å². The van der Waals surface area contributed by atoms with Crippen LogP contribution in [0.5, 0.6) is 0 Å². The van der Waals surface area contributed by atoms with Crippen molar-refractivity contribution in [3.8, 4) is 0 Å². The Bertz CT molecular complexity index is 776. The standard InChI is InChI=1S/C15H15N3O/c19-7-13-2-1-10-3-11-5-15(8-16-9-17-15)6-12(11)4-14(10)18-13/h1-6,16-17,19H,7-9H2. The number of benzene rings is 1. The lowest BCUT2D eigenvalue weighted by Crippen LogP contribution is -2.36. The molecule has 1 atom stereocenters. The minimum atomic E-state index is -0.0421. The average molecular weight is 253 g/mol. The van der Waals surface area contributed by atoms with Crippen molar-refractivity contribution < 1.29 is 5.11 Å². The van der Waals surface area contributed by atoms with Crippen LogP contribution in [0.15, 0.2) is 24.3 Å². The number of hydrogen-bond donors (Lipinski definition) is 3. The van der Waals surface area contributed by atoms with Crippen molar-refractivity contribution in [2.75, 3.05) is 13.2 Å². The minimum Gasteiger partial charge on any atom is -0.390 e. The number of fused-ring (bicyclic) bond motifs is 2. The zero-order chi connectivity index (χ0) is 12.9. The highest BCUT2D eigenvalue weighted by molar-refractivity contribution is 5.81. The van der Waals surface area contributed by atoms with Gasteiger partial charge in [-0.05, 0) is 28.6 Å². The molecule has 2 aromatic rings. The van der Waals surface area contributed by atoms with E-state index < -0.39 is 0 Å². The molecule has 0 radical (unpaired) electrons. The molecule has 19 heavy (non-hydrogen) atoms. The van der Waals surface area contributed by atoms with Gasteiger partial charge in [0.2, 0.25) is 0 Å². The van der Waals surface area contributed by atoms with Crippen molar-refractivity contribution in [2.45, 2.75) is 12.1 Å². The second-order valence-electron chi connectivity index (χ2n) is 5.24. The van der Waals surface area contributed by atoms with Gasteiger partial charge in [-0.25, -0.2) is 0 Å². The summed E-state index contributed by atoms with van der Waals surface area (Å²) in [5.74, 6) is 0.